The summed E-state index contributed by atoms with van der Waals surface area (Å²) in [6.45, 7) is -0.439. The molecule has 1 aliphatic heterocycles. The summed E-state index contributed by atoms with van der Waals surface area (Å²) in [5.74, 6) is -0.365. The molecule has 130 valence electrons. The van der Waals surface area contributed by atoms with E-state index < -0.39 is 18.4 Å². The van der Waals surface area contributed by atoms with Gasteiger partial charge in [-0.15, -0.1) is 0 Å². The van der Waals surface area contributed by atoms with Crippen LogP contribution in [0.2, 0.25) is 0 Å². The van der Waals surface area contributed by atoms with E-state index in [1.54, 1.807) is 36.4 Å². The monoisotopic (exact) mass is 351 g/mol. The molecule has 2 aromatic carbocycles. The molecule has 1 heterocycles. The number of carboxylic acid groups (broad SMARTS) is 1. The number of hydrogen-bond donors (Lipinski definition) is 1. The number of hydrogen-bond acceptors (Lipinski definition) is 6. The van der Waals surface area contributed by atoms with Gasteiger partial charge in [0.2, 0.25) is 12.6 Å². The molecule has 0 saturated heterocycles. The predicted molar refractivity (Wildman–Crippen MR) is 90.1 cm³/mol. The number of nitrogens with zero attached hydrogens (tertiary/aromatic N) is 1. The van der Waals surface area contributed by atoms with Gasteiger partial charge in [0, 0.05) is 11.1 Å². The summed E-state index contributed by atoms with van der Waals surface area (Å²) in [6, 6.07) is 13.1. The Labute approximate surface area is 148 Å². The van der Waals surface area contributed by atoms with Crippen molar-refractivity contribution in [1.82, 2.24) is 0 Å². The van der Waals surface area contributed by atoms with E-state index in [-0.39, 0.29) is 23.7 Å². The summed E-state index contributed by atoms with van der Waals surface area (Å²) < 4.78 is 15.6. The molecule has 7 nitrogen and oxygen atoms in total. The first-order valence-corrected chi connectivity index (χ1v) is 7.58. The Morgan fingerprint density at radius 1 is 1.19 bits per heavy atom. The van der Waals surface area contributed by atoms with Crippen molar-refractivity contribution < 1.29 is 28.9 Å². The second-order valence-electron chi connectivity index (χ2n) is 5.29. The van der Waals surface area contributed by atoms with Crippen LogP contribution in [0.4, 0.5) is 0 Å². The fourth-order valence-electron chi connectivity index (χ4n) is 2.37. The maximum absolute atomic E-state index is 12.6. The molecule has 0 amide bonds. The average molecular weight is 351 g/mol. The van der Waals surface area contributed by atoms with Crippen molar-refractivity contribution in [1.29, 1.82) is 5.26 Å². The lowest BCUT2D eigenvalue weighted by Crippen LogP contribution is -2.10. The van der Waals surface area contributed by atoms with Crippen LogP contribution >= 0.6 is 0 Å². The molecule has 0 bridgehead atoms. The highest BCUT2D eigenvalue weighted by Gasteiger charge is 2.19. The molecule has 0 atom stereocenters. The Morgan fingerprint density at radius 3 is 2.73 bits per heavy atom. The fourth-order valence-corrected chi connectivity index (χ4v) is 2.37. The number of ketones is 1. The maximum Gasteiger partial charge on any atom is 0.341 e. The van der Waals surface area contributed by atoms with Crippen LogP contribution in [-0.2, 0) is 4.79 Å². The van der Waals surface area contributed by atoms with Crippen LogP contribution in [-0.4, -0.2) is 30.3 Å². The molecular formula is C19H13NO6. The maximum atomic E-state index is 12.6. The Kier molecular flexibility index (Phi) is 4.85. The number of carbonyl (C=O) groups excluding carboxylic acids is 1. The van der Waals surface area contributed by atoms with E-state index in [2.05, 4.69) is 0 Å². The van der Waals surface area contributed by atoms with E-state index in [1.165, 1.54) is 12.1 Å². The first-order chi connectivity index (χ1) is 12.6. The zero-order chi connectivity index (χ0) is 18.5. The number of carbonyl (C=O) groups is 2. The lowest BCUT2D eigenvalue weighted by molar-refractivity contribution is -0.139. The fraction of sp³-hybridized carbons (Fsp3) is 0.105. The van der Waals surface area contributed by atoms with Crippen molar-refractivity contribution in [3.05, 3.63) is 59.2 Å². The van der Waals surface area contributed by atoms with E-state index in [1.807, 2.05) is 6.07 Å². The molecule has 26 heavy (non-hydrogen) atoms. The van der Waals surface area contributed by atoms with Crippen molar-refractivity contribution in [3.63, 3.8) is 0 Å². The Bertz CT molecular complexity index is 941. The summed E-state index contributed by atoms with van der Waals surface area (Å²) in [5, 5.41) is 18.1. The van der Waals surface area contributed by atoms with Crippen LogP contribution in [0, 0.1) is 11.3 Å². The van der Waals surface area contributed by atoms with E-state index in [4.69, 9.17) is 19.3 Å². The minimum absolute atomic E-state index is 0.0855. The van der Waals surface area contributed by atoms with Gasteiger partial charge in [-0.2, -0.15) is 5.26 Å². The highest BCUT2D eigenvalue weighted by atomic mass is 16.7. The minimum atomic E-state index is -1.12. The molecular weight excluding hydrogens is 338 g/mol. The van der Waals surface area contributed by atoms with Gasteiger partial charge in [-0.1, -0.05) is 18.2 Å². The molecule has 0 unspecified atom stereocenters. The van der Waals surface area contributed by atoms with Gasteiger partial charge in [0.25, 0.3) is 0 Å². The SMILES string of the molecule is N#CC(=Cc1ccccc1OCC(=O)O)C(=O)c1ccc2c(c1)OCO2. The Hall–Kier alpha value is -3.79. The third kappa shape index (κ3) is 3.65. The molecule has 0 fully saturated rings. The van der Waals surface area contributed by atoms with Crippen molar-refractivity contribution >= 4 is 17.8 Å². The van der Waals surface area contributed by atoms with E-state index >= 15 is 0 Å². The summed E-state index contributed by atoms with van der Waals surface area (Å²) in [4.78, 5) is 23.3. The molecule has 1 N–H and O–H groups in total. The standard InChI is InChI=1S/C19H13NO6/c20-9-14(7-12-3-1-2-4-15(12)24-10-18(21)22)19(23)13-5-6-16-17(8-13)26-11-25-16/h1-8H,10-11H2,(H,21,22). The topological polar surface area (TPSA) is 106 Å². The minimum Gasteiger partial charge on any atom is -0.481 e. The number of nitriles is 1. The number of benzene rings is 2. The number of carboxylic acids is 1. The van der Waals surface area contributed by atoms with Crippen LogP contribution in [0.25, 0.3) is 6.08 Å². The zero-order valence-corrected chi connectivity index (χ0v) is 13.5. The van der Waals surface area contributed by atoms with Crippen molar-refractivity contribution in [3.8, 4) is 23.3 Å². The van der Waals surface area contributed by atoms with Crippen molar-refractivity contribution in [2.45, 2.75) is 0 Å². The van der Waals surface area contributed by atoms with Crippen LogP contribution in [0.15, 0.2) is 48.0 Å². The second-order valence-corrected chi connectivity index (χ2v) is 5.29. The van der Waals surface area contributed by atoms with Gasteiger partial charge in [0.15, 0.2) is 18.1 Å². The molecule has 7 heteroatoms. The summed E-state index contributed by atoms with van der Waals surface area (Å²) >= 11 is 0. The summed E-state index contributed by atoms with van der Waals surface area (Å²) in [7, 11) is 0. The van der Waals surface area contributed by atoms with E-state index in [9.17, 15) is 14.9 Å². The third-order valence-electron chi connectivity index (χ3n) is 3.57. The molecule has 1 aliphatic rings. The smallest absolute Gasteiger partial charge is 0.341 e. The van der Waals surface area contributed by atoms with Crippen LogP contribution in [0.5, 0.6) is 17.2 Å². The largest absolute Gasteiger partial charge is 0.481 e. The summed E-state index contributed by atoms with van der Waals surface area (Å²) in [6.07, 6.45) is 1.37. The average Bonchev–Trinajstić information content (AvgIpc) is 3.12. The number of para-hydroxylation sites is 1. The number of Topliss-reactive ketones (excluding diaryl/α,β-unsaturated/α-hetero) is 1. The lowest BCUT2D eigenvalue weighted by atomic mass is 10.0. The summed E-state index contributed by atoms with van der Waals surface area (Å²) in [5.41, 5.74) is 0.598. The Morgan fingerprint density at radius 2 is 1.96 bits per heavy atom. The normalized spacial score (nSPS) is 12.3. The number of rotatable bonds is 6. The number of fused-ring (bicyclic) bond motifs is 1. The predicted octanol–water partition coefficient (Wildman–Crippen LogP) is 2.67. The molecule has 0 aliphatic carbocycles. The number of allylic oxidation sites excluding steroid dienone is 1. The molecule has 0 aromatic heterocycles. The lowest BCUT2D eigenvalue weighted by Gasteiger charge is -2.07. The number of aliphatic carboxylic acids is 1. The third-order valence-corrected chi connectivity index (χ3v) is 3.57. The van der Waals surface area contributed by atoms with Crippen LogP contribution in [0.1, 0.15) is 15.9 Å². The van der Waals surface area contributed by atoms with Crippen molar-refractivity contribution in [2.75, 3.05) is 13.4 Å². The van der Waals surface area contributed by atoms with Gasteiger partial charge in [-0.3, -0.25) is 4.79 Å². The molecule has 2 aromatic rings. The number of ether oxygens (including phenoxy) is 3. The zero-order valence-electron chi connectivity index (χ0n) is 13.5. The van der Waals surface area contributed by atoms with Crippen molar-refractivity contribution in [2.24, 2.45) is 0 Å². The first-order valence-electron chi connectivity index (χ1n) is 7.58. The van der Waals surface area contributed by atoms with Crippen LogP contribution < -0.4 is 14.2 Å². The van der Waals surface area contributed by atoms with Gasteiger partial charge in [0.05, 0.1) is 0 Å². The highest BCUT2D eigenvalue weighted by molar-refractivity contribution is 6.14. The molecule has 0 spiro atoms. The van der Waals surface area contributed by atoms with Gasteiger partial charge >= 0.3 is 5.97 Å². The van der Waals surface area contributed by atoms with E-state index in [0.29, 0.717) is 17.1 Å². The second kappa shape index (κ2) is 7.40. The first kappa shape index (κ1) is 17.0. The molecule has 0 radical (unpaired) electrons. The molecule has 0 saturated carbocycles. The quantitative estimate of drug-likeness (QED) is 0.484. The van der Waals surface area contributed by atoms with E-state index in [0.717, 1.165) is 0 Å². The van der Waals surface area contributed by atoms with Gasteiger partial charge < -0.3 is 19.3 Å². The Balaban J connectivity index is 1.90. The van der Waals surface area contributed by atoms with Crippen LogP contribution in [0.3, 0.4) is 0 Å². The van der Waals surface area contributed by atoms with Gasteiger partial charge in [0.1, 0.15) is 17.4 Å². The van der Waals surface area contributed by atoms with Gasteiger partial charge in [-0.05, 0) is 30.3 Å². The van der Waals surface area contributed by atoms with Gasteiger partial charge in [-0.25, -0.2) is 4.79 Å². The highest BCUT2D eigenvalue weighted by Crippen LogP contribution is 2.33. The molecule has 3 rings (SSSR count).